The molecule has 1 fully saturated rings. The Balaban J connectivity index is 1.76. The number of amidine groups is 2. The molecule has 1 aliphatic rings. The molecule has 1 aromatic heterocycles. The van der Waals surface area contributed by atoms with E-state index in [4.69, 9.17) is 16.2 Å². The molecule has 31 heavy (non-hydrogen) atoms. The zero-order chi connectivity index (χ0) is 22.6. The van der Waals surface area contributed by atoms with Gasteiger partial charge >= 0.3 is 0 Å². The zero-order valence-corrected chi connectivity index (χ0v) is 18.6. The summed E-state index contributed by atoms with van der Waals surface area (Å²) in [7, 11) is 3.33. The van der Waals surface area contributed by atoms with E-state index >= 15 is 0 Å². The Bertz CT molecular complexity index is 984. The number of aromatic nitrogens is 1. The highest BCUT2D eigenvalue weighted by Gasteiger charge is 2.35. The minimum Gasteiger partial charge on any atom is -0.494 e. The summed E-state index contributed by atoms with van der Waals surface area (Å²) in [5.41, 5.74) is 18.2. The zero-order valence-electron chi connectivity index (χ0n) is 18.6. The number of ether oxygens (including phenoxy) is 1. The number of para-hydroxylation sites is 1. The molecule has 0 saturated heterocycles. The third-order valence-corrected chi connectivity index (χ3v) is 5.57. The van der Waals surface area contributed by atoms with Gasteiger partial charge in [0.05, 0.1) is 7.11 Å². The first-order valence-electron chi connectivity index (χ1n) is 10.3. The molecule has 0 bridgehead atoms. The Hall–Kier alpha value is -3.26. The first-order valence-corrected chi connectivity index (χ1v) is 10.3. The lowest BCUT2D eigenvalue weighted by atomic mass is 9.72. The SMILES string of the molecule is C=Nc1c(OC)cccc1C(N)=N/C(=N\NC)C1CC(c2ccc(C(C)(C)N)cn2)C1. The second kappa shape index (κ2) is 9.26. The van der Waals surface area contributed by atoms with Gasteiger partial charge in [-0.1, -0.05) is 12.1 Å². The Kier molecular flexibility index (Phi) is 6.70. The predicted octanol–water partition coefficient (Wildman–Crippen LogP) is 3.05. The van der Waals surface area contributed by atoms with Crippen molar-refractivity contribution in [2.45, 2.75) is 38.1 Å². The van der Waals surface area contributed by atoms with Crippen LogP contribution in [-0.4, -0.2) is 37.5 Å². The molecule has 8 nitrogen and oxygen atoms in total. The van der Waals surface area contributed by atoms with Crippen LogP contribution >= 0.6 is 0 Å². The number of nitrogens with two attached hydrogens (primary N) is 2. The molecule has 164 valence electrons. The normalized spacial score (nSPS) is 19.5. The fourth-order valence-corrected chi connectivity index (χ4v) is 3.66. The van der Waals surface area contributed by atoms with Gasteiger partial charge in [0.25, 0.3) is 0 Å². The van der Waals surface area contributed by atoms with E-state index in [1.807, 2.05) is 38.2 Å². The summed E-state index contributed by atoms with van der Waals surface area (Å²) in [6, 6.07) is 9.62. The summed E-state index contributed by atoms with van der Waals surface area (Å²) in [4.78, 5) is 13.3. The van der Waals surface area contributed by atoms with E-state index in [1.165, 1.54) is 0 Å². The minimum absolute atomic E-state index is 0.189. The van der Waals surface area contributed by atoms with Crippen molar-refractivity contribution in [3.8, 4) is 5.75 Å². The Morgan fingerprint density at radius 3 is 2.55 bits per heavy atom. The van der Waals surface area contributed by atoms with Crippen molar-refractivity contribution in [2.24, 2.45) is 32.5 Å². The van der Waals surface area contributed by atoms with E-state index in [2.05, 4.69) is 44.3 Å². The van der Waals surface area contributed by atoms with Crippen LogP contribution in [0.2, 0.25) is 0 Å². The Morgan fingerprint density at radius 2 is 2.00 bits per heavy atom. The van der Waals surface area contributed by atoms with Crippen molar-refractivity contribution in [1.82, 2.24) is 10.4 Å². The lowest BCUT2D eigenvalue weighted by Crippen LogP contribution is -2.32. The average molecular weight is 422 g/mol. The van der Waals surface area contributed by atoms with Gasteiger partial charge in [-0.2, -0.15) is 5.10 Å². The summed E-state index contributed by atoms with van der Waals surface area (Å²) in [5, 5.41) is 4.37. The van der Waals surface area contributed by atoms with Crippen LogP contribution in [0.15, 0.2) is 51.6 Å². The van der Waals surface area contributed by atoms with E-state index < -0.39 is 5.54 Å². The molecule has 2 aromatic rings. The summed E-state index contributed by atoms with van der Waals surface area (Å²) >= 11 is 0. The molecule has 0 amide bonds. The highest BCUT2D eigenvalue weighted by molar-refractivity contribution is 6.09. The Labute approximate surface area is 183 Å². The lowest BCUT2D eigenvalue weighted by Gasteiger charge is -2.34. The number of nitrogens with one attached hydrogen (secondary N) is 1. The van der Waals surface area contributed by atoms with Crippen molar-refractivity contribution < 1.29 is 4.74 Å². The molecule has 0 radical (unpaired) electrons. The van der Waals surface area contributed by atoms with Gasteiger partial charge in [-0.05, 0) is 57.2 Å². The van der Waals surface area contributed by atoms with Crippen LogP contribution in [0, 0.1) is 5.92 Å². The molecule has 5 N–H and O–H groups in total. The third kappa shape index (κ3) is 4.91. The third-order valence-electron chi connectivity index (χ3n) is 5.57. The summed E-state index contributed by atoms with van der Waals surface area (Å²) < 4.78 is 5.35. The molecule has 3 rings (SSSR count). The highest BCUT2D eigenvalue weighted by atomic mass is 16.5. The van der Waals surface area contributed by atoms with Crippen LogP contribution in [-0.2, 0) is 5.54 Å². The van der Waals surface area contributed by atoms with E-state index in [9.17, 15) is 0 Å². The monoisotopic (exact) mass is 421 g/mol. The smallest absolute Gasteiger partial charge is 0.153 e. The number of benzene rings is 1. The van der Waals surface area contributed by atoms with Crippen molar-refractivity contribution in [3.63, 3.8) is 0 Å². The number of nitrogens with zero attached hydrogens (tertiary/aromatic N) is 4. The van der Waals surface area contributed by atoms with Crippen molar-refractivity contribution in [2.75, 3.05) is 14.2 Å². The number of methoxy groups -OCH3 is 1. The van der Waals surface area contributed by atoms with Gasteiger partial charge in [0, 0.05) is 41.9 Å². The largest absolute Gasteiger partial charge is 0.494 e. The lowest BCUT2D eigenvalue weighted by molar-refractivity contribution is 0.335. The van der Waals surface area contributed by atoms with Crippen LogP contribution in [0.4, 0.5) is 5.69 Å². The van der Waals surface area contributed by atoms with Gasteiger partial charge in [0.1, 0.15) is 17.3 Å². The predicted molar refractivity (Wildman–Crippen MR) is 126 cm³/mol. The standard InChI is InChI=1S/C23H31N7O/c1-23(2,25)16-9-10-18(28-13-16)14-11-15(12-14)22(30-27-4)29-21(24)17-7-6-8-19(31-5)20(17)26-3/h6-10,13-15,27H,3,11-12,25H2,1-2,4-5H3,(H2,24,29,30). The van der Waals surface area contributed by atoms with Gasteiger partial charge < -0.3 is 21.6 Å². The molecule has 1 aromatic carbocycles. The number of hydrazone groups is 1. The number of pyridine rings is 1. The summed E-state index contributed by atoms with van der Waals surface area (Å²) in [5.74, 6) is 2.13. The van der Waals surface area contributed by atoms with E-state index in [0.717, 1.165) is 24.1 Å². The molecule has 0 unspecified atom stereocenters. The van der Waals surface area contributed by atoms with Crippen LogP contribution in [0.5, 0.6) is 5.75 Å². The fraction of sp³-hybridized carbons (Fsp3) is 0.391. The highest BCUT2D eigenvalue weighted by Crippen LogP contribution is 2.42. The van der Waals surface area contributed by atoms with Crippen LogP contribution in [0.3, 0.4) is 0 Å². The first-order chi connectivity index (χ1) is 14.8. The summed E-state index contributed by atoms with van der Waals surface area (Å²) in [6.45, 7) is 7.57. The fourth-order valence-electron chi connectivity index (χ4n) is 3.66. The molecule has 1 saturated carbocycles. The number of hydrogen-bond acceptors (Lipinski definition) is 6. The maximum atomic E-state index is 6.32. The number of aliphatic imine (C=N–C) groups is 2. The molecule has 1 aliphatic carbocycles. The van der Waals surface area contributed by atoms with Gasteiger partial charge in [-0.25, -0.2) is 4.99 Å². The van der Waals surface area contributed by atoms with E-state index in [1.54, 1.807) is 14.2 Å². The minimum atomic E-state index is -0.397. The molecular weight excluding hydrogens is 390 g/mol. The van der Waals surface area contributed by atoms with Crippen molar-refractivity contribution in [3.05, 3.63) is 53.3 Å². The molecule has 0 atom stereocenters. The van der Waals surface area contributed by atoms with E-state index in [-0.39, 0.29) is 5.92 Å². The second-order valence-corrected chi connectivity index (χ2v) is 8.26. The topological polar surface area (TPSA) is 123 Å². The quantitative estimate of drug-likeness (QED) is 0.360. The first kappa shape index (κ1) is 22.4. The van der Waals surface area contributed by atoms with Gasteiger partial charge in [-0.15, -0.1) is 0 Å². The molecular formula is C23H31N7O. The second-order valence-electron chi connectivity index (χ2n) is 8.26. The van der Waals surface area contributed by atoms with Gasteiger partial charge in [0.2, 0.25) is 0 Å². The van der Waals surface area contributed by atoms with E-state index in [0.29, 0.717) is 34.6 Å². The maximum absolute atomic E-state index is 6.32. The molecule has 0 aliphatic heterocycles. The molecule has 8 heteroatoms. The van der Waals surface area contributed by atoms with Crippen LogP contribution in [0.25, 0.3) is 0 Å². The molecule has 1 heterocycles. The molecule has 0 spiro atoms. The Morgan fingerprint density at radius 1 is 1.26 bits per heavy atom. The van der Waals surface area contributed by atoms with Crippen molar-refractivity contribution >= 4 is 24.1 Å². The van der Waals surface area contributed by atoms with Crippen molar-refractivity contribution in [1.29, 1.82) is 0 Å². The maximum Gasteiger partial charge on any atom is 0.153 e. The van der Waals surface area contributed by atoms with Crippen LogP contribution in [0.1, 0.15) is 49.4 Å². The summed E-state index contributed by atoms with van der Waals surface area (Å²) in [6.07, 6.45) is 3.68. The van der Waals surface area contributed by atoms with Gasteiger partial charge in [0.15, 0.2) is 5.84 Å². The average Bonchev–Trinajstić information content (AvgIpc) is 2.71. The number of hydrogen-bond donors (Lipinski definition) is 3. The van der Waals surface area contributed by atoms with Crippen LogP contribution < -0.4 is 21.6 Å². The number of rotatable bonds is 7. The van der Waals surface area contributed by atoms with Gasteiger partial charge in [-0.3, -0.25) is 9.98 Å².